The van der Waals surface area contributed by atoms with Crippen LogP contribution in [0.5, 0.6) is 0 Å². The Labute approximate surface area is 178 Å². The number of carboxylic acid groups (broad SMARTS) is 1. The molecule has 1 aliphatic rings. The zero-order valence-electron chi connectivity index (χ0n) is 17.8. The minimum Gasteiger partial charge on any atom is -0.481 e. The highest BCUT2D eigenvalue weighted by atomic mass is 16.4. The summed E-state index contributed by atoms with van der Waals surface area (Å²) in [5.74, 6) is -0.780. The number of unbranched alkanes of at least 4 members (excludes halogenated alkanes) is 3. The van der Waals surface area contributed by atoms with E-state index in [9.17, 15) is 19.5 Å². The molecular weight excluding hydrogens is 384 g/mol. The van der Waals surface area contributed by atoms with Crippen LogP contribution in [0.3, 0.4) is 0 Å². The molecule has 2 N–H and O–H groups in total. The van der Waals surface area contributed by atoms with Crippen molar-refractivity contribution in [1.82, 2.24) is 9.80 Å². The average Bonchev–Trinajstić information content (AvgIpc) is 3.07. The predicted octanol–water partition coefficient (Wildman–Crippen LogP) is 3.00. The van der Waals surface area contributed by atoms with Gasteiger partial charge in [0.2, 0.25) is 5.91 Å². The van der Waals surface area contributed by atoms with Gasteiger partial charge in [0, 0.05) is 39.0 Å². The second kappa shape index (κ2) is 11.5. The van der Waals surface area contributed by atoms with Crippen LogP contribution in [-0.2, 0) is 9.59 Å². The molecule has 1 unspecified atom stereocenters. The van der Waals surface area contributed by atoms with E-state index in [-0.39, 0.29) is 24.3 Å². The maximum atomic E-state index is 12.2. The van der Waals surface area contributed by atoms with Crippen molar-refractivity contribution in [1.29, 1.82) is 0 Å². The van der Waals surface area contributed by atoms with Crippen LogP contribution in [0.1, 0.15) is 67.0 Å². The Bertz CT molecular complexity index is 775. The predicted molar refractivity (Wildman–Crippen MR) is 114 cm³/mol. The van der Waals surface area contributed by atoms with Gasteiger partial charge in [0.05, 0.1) is 12.1 Å². The Morgan fingerprint density at radius 2 is 1.97 bits per heavy atom. The number of rotatable bonds is 11. The number of aliphatic carboxylic acids is 1. The first-order valence-electron chi connectivity index (χ1n) is 10.5. The van der Waals surface area contributed by atoms with Crippen molar-refractivity contribution < 1.29 is 24.6 Å². The Morgan fingerprint density at radius 1 is 1.23 bits per heavy atom. The van der Waals surface area contributed by atoms with Gasteiger partial charge in [-0.1, -0.05) is 37.1 Å². The van der Waals surface area contributed by atoms with E-state index < -0.39 is 12.1 Å². The summed E-state index contributed by atoms with van der Waals surface area (Å²) in [5, 5.41) is 19.2. The van der Waals surface area contributed by atoms with Gasteiger partial charge in [0.1, 0.15) is 0 Å². The second-order valence-corrected chi connectivity index (χ2v) is 7.91. The van der Waals surface area contributed by atoms with Crippen LogP contribution in [0.15, 0.2) is 36.4 Å². The van der Waals surface area contributed by atoms with Crippen molar-refractivity contribution in [3.63, 3.8) is 0 Å². The van der Waals surface area contributed by atoms with Crippen molar-refractivity contribution in [2.75, 3.05) is 20.6 Å². The lowest BCUT2D eigenvalue weighted by Gasteiger charge is -2.22. The molecule has 1 aromatic rings. The van der Waals surface area contributed by atoms with Gasteiger partial charge >= 0.3 is 5.97 Å². The zero-order chi connectivity index (χ0) is 22.1. The fourth-order valence-corrected chi connectivity index (χ4v) is 3.62. The van der Waals surface area contributed by atoms with Crippen molar-refractivity contribution in [3.05, 3.63) is 47.5 Å². The number of benzene rings is 1. The molecule has 0 aromatic heterocycles. The summed E-state index contributed by atoms with van der Waals surface area (Å²) in [6.07, 6.45) is 7.35. The Kier molecular flexibility index (Phi) is 9.05. The number of carbonyl (C=O) groups excluding carboxylic acids is 2. The molecule has 2 amide bonds. The van der Waals surface area contributed by atoms with Crippen molar-refractivity contribution >= 4 is 17.8 Å². The van der Waals surface area contributed by atoms with Crippen molar-refractivity contribution in [2.24, 2.45) is 0 Å². The summed E-state index contributed by atoms with van der Waals surface area (Å²) < 4.78 is 0. The highest BCUT2D eigenvalue weighted by molar-refractivity contribution is 5.94. The zero-order valence-corrected chi connectivity index (χ0v) is 17.8. The van der Waals surface area contributed by atoms with E-state index in [1.807, 2.05) is 11.0 Å². The molecule has 7 heteroatoms. The molecule has 7 nitrogen and oxygen atoms in total. The number of amides is 2. The van der Waals surface area contributed by atoms with E-state index in [0.717, 1.165) is 25.7 Å². The van der Waals surface area contributed by atoms with Gasteiger partial charge in [-0.15, -0.1) is 0 Å². The van der Waals surface area contributed by atoms with Crippen LogP contribution >= 0.6 is 0 Å². The normalized spacial score (nSPS) is 17.5. The van der Waals surface area contributed by atoms with Crippen LogP contribution in [-0.4, -0.2) is 64.5 Å². The van der Waals surface area contributed by atoms with E-state index in [4.69, 9.17) is 5.11 Å². The molecule has 0 aliphatic carbocycles. The lowest BCUT2D eigenvalue weighted by Crippen LogP contribution is -2.32. The Morgan fingerprint density at radius 3 is 2.67 bits per heavy atom. The van der Waals surface area contributed by atoms with Crippen LogP contribution in [0.2, 0.25) is 0 Å². The average molecular weight is 417 g/mol. The number of nitrogens with zero attached hydrogens (tertiary/aromatic N) is 2. The second-order valence-electron chi connectivity index (χ2n) is 7.91. The molecule has 1 saturated heterocycles. The van der Waals surface area contributed by atoms with Crippen LogP contribution in [0.25, 0.3) is 0 Å². The number of aliphatic hydroxyl groups excluding tert-OH is 1. The largest absolute Gasteiger partial charge is 0.481 e. The molecule has 164 valence electrons. The van der Waals surface area contributed by atoms with Gasteiger partial charge < -0.3 is 20.0 Å². The first kappa shape index (κ1) is 23.6. The summed E-state index contributed by atoms with van der Waals surface area (Å²) in [5.41, 5.74) is 1.15. The first-order valence-corrected chi connectivity index (χ1v) is 10.5. The molecule has 0 saturated carbocycles. The summed E-state index contributed by atoms with van der Waals surface area (Å²) in [7, 11) is 3.37. The van der Waals surface area contributed by atoms with Gasteiger partial charge in [-0.05, 0) is 37.0 Å². The molecule has 0 radical (unpaired) electrons. The molecule has 2 rings (SSSR count). The molecule has 30 heavy (non-hydrogen) atoms. The smallest absolute Gasteiger partial charge is 0.303 e. The van der Waals surface area contributed by atoms with Crippen LogP contribution < -0.4 is 0 Å². The van der Waals surface area contributed by atoms with E-state index in [0.29, 0.717) is 30.5 Å². The number of carboxylic acids is 1. The maximum Gasteiger partial charge on any atom is 0.303 e. The standard InChI is InChI=1S/C23H32N2O5/c1-24(2)23(30)18-9-7-8-17(16-18)20(26)13-11-19-12-14-21(27)25(19)15-6-4-3-5-10-22(28)29/h7-9,11,13,16,19-20,26H,3-6,10,12,14-15H2,1-2H3,(H,28,29)/b13-11+/t19-,20?/m0/s1. The summed E-state index contributed by atoms with van der Waals surface area (Å²) in [6.45, 7) is 0.643. The lowest BCUT2D eigenvalue weighted by molar-refractivity contribution is -0.137. The fourth-order valence-electron chi connectivity index (χ4n) is 3.62. The van der Waals surface area contributed by atoms with E-state index in [1.54, 1.807) is 44.4 Å². The molecule has 2 atom stereocenters. The van der Waals surface area contributed by atoms with Crippen LogP contribution in [0.4, 0.5) is 0 Å². The summed E-state index contributed by atoms with van der Waals surface area (Å²) in [6, 6.07) is 6.88. The number of likely N-dealkylation sites (tertiary alicyclic amines) is 1. The lowest BCUT2D eigenvalue weighted by atomic mass is 10.0. The van der Waals surface area contributed by atoms with Gasteiger partial charge in [0.15, 0.2) is 0 Å². The van der Waals surface area contributed by atoms with Gasteiger partial charge in [-0.25, -0.2) is 0 Å². The minimum absolute atomic E-state index is 0.0437. The number of hydrogen-bond acceptors (Lipinski definition) is 4. The van der Waals surface area contributed by atoms with Crippen molar-refractivity contribution in [3.8, 4) is 0 Å². The number of carbonyl (C=O) groups is 3. The van der Waals surface area contributed by atoms with Gasteiger partial charge in [0.25, 0.3) is 5.91 Å². The first-order chi connectivity index (χ1) is 14.3. The summed E-state index contributed by atoms with van der Waals surface area (Å²) in [4.78, 5) is 38.2. The SMILES string of the molecule is CN(C)C(=O)c1cccc(C(O)/C=C/[C@H]2CCC(=O)N2CCCCCCC(=O)O)c1. The van der Waals surface area contributed by atoms with E-state index in [2.05, 4.69) is 0 Å². The van der Waals surface area contributed by atoms with E-state index in [1.165, 1.54) is 4.90 Å². The topological polar surface area (TPSA) is 98.2 Å². The molecule has 1 fully saturated rings. The highest BCUT2D eigenvalue weighted by Gasteiger charge is 2.28. The Balaban J connectivity index is 1.90. The Hall–Kier alpha value is -2.67. The van der Waals surface area contributed by atoms with Crippen molar-refractivity contribution in [2.45, 2.75) is 57.1 Å². The molecule has 1 heterocycles. The van der Waals surface area contributed by atoms with Crippen LogP contribution in [0, 0.1) is 0 Å². The minimum atomic E-state index is -0.853. The quantitative estimate of drug-likeness (QED) is 0.427. The molecule has 1 aliphatic heterocycles. The molecule has 0 spiro atoms. The molecular formula is C23H32N2O5. The third kappa shape index (κ3) is 6.99. The summed E-state index contributed by atoms with van der Waals surface area (Å²) >= 11 is 0. The number of hydrogen-bond donors (Lipinski definition) is 2. The highest BCUT2D eigenvalue weighted by Crippen LogP contribution is 2.23. The van der Waals surface area contributed by atoms with Gasteiger partial charge in [-0.3, -0.25) is 14.4 Å². The molecule has 0 bridgehead atoms. The maximum absolute atomic E-state index is 12.2. The number of aliphatic hydroxyl groups is 1. The van der Waals surface area contributed by atoms with Gasteiger partial charge in [-0.2, -0.15) is 0 Å². The fraction of sp³-hybridized carbons (Fsp3) is 0.522. The third-order valence-electron chi connectivity index (χ3n) is 5.31. The molecule has 1 aromatic carbocycles. The van der Waals surface area contributed by atoms with E-state index >= 15 is 0 Å². The monoisotopic (exact) mass is 416 g/mol. The third-order valence-corrected chi connectivity index (χ3v) is 5.31.